The number of amides is 1. The van der Waals surface area contributed by atoms with E-state index in [4.69, 9.17) is 16.7 Å². The smallest absolute Gasteiger partial charge is 0.417 e. The number of carbonyl (C=O) groups excluding carboxylic acids is 1. The summed E-state index contributed by atoms with van der Waals surface area (Å²) in [4.78, 5) is 30.5. The van der Waals surface area contributed by atoms with Crippen molar-refractivity contribution in [2.24, 2.45) is 11.8 Å². The standard InChI is InChI=1S/C16H17ClF3N3O3/c17-12-6-9(16(18,19)20)8-21-13(12)22-2-1-3-23(5-4-22)14(24)10-7-11(10)15(25)26/h6,8,10-11H,1-5,7H2,(H,25,26)/t10-,11-/m0/s1. The molecule has 1 saturated heterocycles. The van der Waals surface area contributed by atoms with Crippen LogP contribution in [0.25, 0.3) is 0 Å². The van der Waals surface area contributed by atoms with E-state index in [9.17, 15) is 22.8 Å². The van der Waals surface area contributed by atoms with Crippen LogP contribution in [0.4, 0.5) is 19.0 Å². The minimum Gasteiger partial charge on any atom is -0.481 e. The van der Waals surface area contributed by atoms with Gasteiger partial charge in [-0.05, 0) is 18.9 Å². The summed E-state index contributed by atoms with van der Waals surface area (Å²) >= 11 is 5.99. The highest BCUT2D eigenvalue weighted by Gasteiger charge is 2.49. The van der Waals surface area contributed by atoms with Gasteiger partial charge in [-0.15, -0.1) is 0 Å². The summed E-state index contributed by atoms with van der Waals surface area (Å²) in [6.45, 7) is 1.68. The van der Waals surface area contributed by atoms with Crippen molar-refractivity contribution in [3.8, 4) is 0 Å². The van der Waals surface area contributed by atoms with Crippen molar-refractivity contribution >= 4 is 29.3 Å². The number of pyridine rings is 1. The quantitative estimate of drug-likeness (QED) is 0.857. The van der Waals surface area contributed by atoms with Gasteiger partial charge < -0.3 is 14.9 Å². The Hall–Kier alpha value is -2.03. The molecule has 0 bridgehead atoms. The Bertz CT molecular complexity index is 728. The van der Waals surface area contributed by atoms with Crippen LogP contribution < -0.4 is 4.90 Å². The van der Waals surface area contributed by atoms with Gasteiger partial charge in [-0.1, -0.05) is 11.6 Å². The zero-order valence-corrected chi connectivity index (χ0v) is 14.4. The Morgan fingerprint density at radius 3 is 2.50 bits per heavy atom. The van der Waals surface area contributed by atoms with Gasteiger partial charge in [0.2, 0.25) is 5.91 Å². The number of aromatic nitrogens is 1. The molecule has 142 valence electrons. The van der Waals surface area contributed by atoms with Crippen LogP contribution in [0.1, 0.15) is 18.4 Å². The number of anilines is 1. The van der Waals surface area contributed by atoms with E-state index in [0.717, 1.165) is 12.3 Å². The highest BCUT2D eigenvalue weighted by Crippen LogP contribution is 2.40. The molecule has 2 heterocycles. The fourth-order valence-corrected chi connectivity index (χ4v) is 3.43. The Morgan fingerprint density at radius 1 is 1.19 bits per heavy atom. The van der Waals surface area contributed by atoms with Crippen molar-refractivity contribution in [3.63, 3.8) is 0 Å². The van der Waals surface area contributed by atoms with Crippen LogP contribution in [0.5, 0.6) is 0 Å². The van der Waals surface area contributed by atoms with E-state index in [-0.39, 0.29) is 16.7 Å². The molecule has 1 saturated carbocycles. The number of nitrogens with zero attached hydrogens (tertiary/aromatic N) is 3. The number of carboxylic acid groups (broad SMARTS) is 1. The van der Waals surface area contributed by atoms with E-state index in [2.05, 4.69) is 4.98 Å². The minimum atomic E-state index is -4.51. The summed E-state index contributed by atoms with van der Waals surface area (Å²) in [5.41, 5.74) is -0.911. The summed E-state index contributed by atoms with van der Waals surface area (Å²) in [7, 11) is 0. The first-order valence-corrected chi connectivity index (χ1v) is 8.55. The molecule has 1 amide bonds. The number of carbonyl (C=O) groups is 2. The van der Waals surface area contributed by atoms with Crippen LogP contribution in [0.3, 0.4) is 0 Å². The van der Waals surface area contributed by atoms with Crippen molar-refractivity contribution in [1.82, 2.24) is 9.88 Å². The first kappa shape index (κ1) is 18.8. The molecule has 2 aliphatic rings. The number of halogens is 4. The molecule has 0 aromatic carbocycles. The Kier molecular flexibility index (Phi) is 5.01. The van der Waals surface area contributed by atoms with Crippen molar-refractivity contribution < 1.29 is 27.9 Å². The molecule has 26 heavy (non-hydrogen) atoms. The first-order chi connectivity index (χ1) is 12.2. The van der Waals surface area contributed by atoms with E-state index >= 15 is 0 Å². The topological polar surface area (TPSA) is 73.7 Å². The van der Waals surface area contributed by atoms with E-state index in [0.29, 0.717) is 39.0 Å². The van der Waals surface area contributed by atoms with Gasteiger partial charge in [-0.2, -0.15) is 13.2 Å². The number of alkyl halides is 3. The second kappa shape index (κ2) is 6.94. The second-order valence-electron chi connectivity index (χ2n) is 6.48. The van der Waals surface area contributed by atoms with Crippen LogP contribution in [0.15, 0.2) is 12.3 Å². The maximum absolute atomic E-state index is 12.7. The molecule has 2 fully saturated rings. The molecule has 6 nitrogen and oxygen atoms in total. The highest BCUT2D eigenvalue weighted by molar-refractivity contribution is 6.33. The van der Waals surface area contributed by atoms with Crippen LogP contribution in [0, 0.1) is 11.8 Å². The van der Waals surface area contributed by atoms with Gasteiger partial charge in [0.15, 0.2) is 0 Å². The first-order valence-electron chi connectivity index (χ1n) is 8.17. The molecule has 0 unspecified atom stereocenters. The summed E-state index contributed by atoms with van der Waals surface area (Å²) < 4.78 is 38.2. The van der Waals surface area contributed by atoms with Gasteiger partial charge in [0.05, 0.1) is 22.4 Å². The lowest BCUT2D eigenvalue weighted by Gasteiger charge is -2.24. The third kappa shape index (κ3) is 3.87. The van der Waals surface area contributed by atoms with Gasteiger partial charge >= 0.3 is 12.1 Å². The summed E-state index contributed by atoms with van der Waals surface area (Å²) in [5, 5.41) is 8.86. The predicted octanol–water partition coefficient (Wildman–Crippen LogP) is 2.51. The molecule has 1 N–H and O–H groups in total. The van der Waals surface area contributed by atoms with Crippen LogP contribution >= 0.6 is 11.6 Å². The third-order valence-electron chi connectivity index (χ3n) is 4.68. The fourth-order valence-electron chi connectivity index (χ4n) is 3.14. The monoisotopic (exact) mass is 391 g/mol. The zero-order chi connectivity index (χ0) is 19.1. The molecule has 3 rings (SSSR count). The van der Waals surface area contributed by atoms with Gasteiger partial charge in [-0.25, -0.2) is 4.98 Å². The number of hydrogen-bond donors (Lipinski definition) is 1. The summed E-state index contributed by atoms with van der Waals surface area (Å²) in [5.74, 6) is -1.95. The highest BCUT2D eigenvalue weighted by atomic mass is 35.5. The average molecular weight is 392 g/mol. The molecule has 2 atom stereocenters. The molecule has 1 aromatic heterocycles. The van der Waals surface area contributed by atoms with Crippen molar-refractivity contribution in [2.45, 2.75) is 19.0 Å². The normalized spacial score (nSPS) is 23.5. The van der Waals surface area contributed by atoms with Crippen molar-refractivity contribution in [1.29, 1.82) is 0 Å². The molecule has 0 radical (unpaired) electrons. The fraction of sp³-hybridized carbons (Fsp3) is 0.562. The largest absolute Gasteiger partial charge is 0.481 e. The van der Waals surface area contributed by atoms with Crippen molar-refractivity contribution in [3.05, 3.63) is 22.8 Å². The third-order valence-corrected chi connectivity index (χ3v) is 4.96. The Balaban J connectivity index is 1.66. The van der Waals surface area contributed by atoms with E-state index in [1.54, 1.807) is 9.80 Å². The minimum absolute atomic E-state index is 0.0901. The summed E-state index contributed by atoms with van der Waals surface area (Å²) in [6, 6.07) is 0.847. The molecule has 10 heteroatoms. The van der Waals surface area contributed by atoms with Gasteiger partial charge in [0.25, 0.3) is 0 Å². The molecule has 1 aliphatic heterocycles. The maximum Gasteiger partial charge on any atom is 0.417 e. The lowest BCUT2D eigenvalue weighted by atomic mass is 10.2. The van der Waals surface area contributed by atoms with E-state index in [1.165, 1.54) is 0 Å². The molecular formula is C16H17ClF3N3O3. The maximum atomic E-state index is 12.7. The van der Waals surface area contributed by atoms with Gasteiger partial charge in [0.1, 0.15) is 5.82 Å². The van der Waals surface area contributed by atoms with Crippen LogP contribution in [0.2, 0.25) is 5.02 Å². The van der Waals surface area contributed by atoms with Crippen molar-refractivity contribution in [2.75, 3.05) is 31.1 Å². The Labute approximate surface area is 152 Å². The predicted molar refractivity (Wildman–Crippen MR) is 86.9 cm³/mol. The lowest BCUT2D eigenvalue weighted by Crippen LogP contribution is -2.37. The number of hydrogen-bond acceptors (Lipinski definition) is 4. The number of carboxylic acids is 1. The molecule has 0 spiro atoms. The zero-order valence-electron chi connectivity index (χ0n) is 13.7. The molecular weight excluding hydrogens is 375 g/mol. The number of aliphatic carboxylic acids is 1. The lowest BCUT2D eigenvalue weighted by molar-refractivity contribution is -0.141. The van der Waals surface area contributed by atoms with Crippen LogP contribution in [-0.2, 0) is 15.8 Å². The SMILES string of the molecule is O=C(O)[C@H]1C[C@@H]1C(=O)N1CCCN(c2ncc(C(F)(F)F)cc2Cl)CC1. The second-order valence-corrected chi connectivity index (χ2v) is 6.89. The average Bonchev–Trinajstić information content (AvgIpc) is 3.37. The van der Waals surface area contributed by atoms with Crippen LogP contribution in [-0.4, -0.2) is 53.0 Å². The number of rotatable bonds is 3. The summed E-state index contributed by atoms with van der Waals surface area (Å²) in [6.07, 6.45) is -2.81. The van der Waals surface area contributed by atoms with E-state index < -0.39 is 29.5 Å². The van der Waals surface area contributed by atoms with Gasteiger partial charge in [-0.3, -0.25) is 9.59 Å². The Morgan fingerprint density at radius 2 is 1.92 bits per heavy atom. The molecule has 1 aromatic rings. The van der Waals surface area contributed by atoms with Gasteiger partial charge in [0, 0.05) is 32.4 Å². The van der Waals surface area contributed by atoms with E-state index in [1.807, 2.05) is 0 Å². The molecule has 1 aliphatic carbocycles.